The van der Waals surface area contributed by atoms with E-state index in [1.165, 1.54) is 64.7 Å². The Morgan fingerprint density at radius 1 is 0.344 bits per heavy atom. The number of aromatic nitrogens is 2. The van der Waals surface area contributed by atoms with Crippen molar-refractivity contribution in [2.45, 2.75) is 19.3 Å². The van der Waals surface area contributed by atoms with Crippen molar-refractivity contribution >= 4 is 31.5 Å². The van der Waals surface area contributed by atoms with Crippen LogP contribution in [0.4, 0.5) is 0 Å². The van der Waals surface area contributed by atoms with Crippen molar-refractivity contribution in [3.63, 3.8) is 0 Å². The quantitative estimate of drug-likeness (QED) is 0.160. The van der Waals surface area contributed by atoms with Gasteiger partial charge in [-0.2, -0.15) is 0 Å². The zero-order valence-electron chi connectivity index (χ0n) is 35.6. The van der Waals surface area contributed by atoms with E-state index in [4.69, 9.17) is 9.97 Å². The van der Waals surface area contributed by atoms with Gasteiger partial charge in [0, 0.05) is 42.3 Å². The third kappa shape index (κ3) is 6.47. The molecule has 0 saturated heterocycles. The van der Waals surface area contributed by atoms with E-state index in [0.717, 1.165) is 50.3 Å². The van der Waals surface area contributed by atoms with Gasteiger partial charge in [-0.1, -0.05) is 190 Å². The first-order valence-electron chi connectivity index (χ1n) is 22.0. The second kappa shape index (κ2) is 15.3. The van der Waals surface area contributed by atoms with Gasteiger partial charge in [0.05, 0.1) is 11.4 Å². The molecule has 2 nitrogen and oxygen atoms in total. The zero-order valence-corrected chi connectivity index (χ0v) is 36.4. The van der Waals surface area contributed by atoms with E-state index in [1.54, 1.807) is 0 Å². The maximum atomic E-state index is 5.34. The molecule has 0 N–H and O–H groups in total. The Morgan fingerprint density at radius 2 is 0.906 bits per heavy atom. The van der Waals surface area contributed by atoms with Crippen LogP contribution in [-0.2, 0) is 5.41 Å². The molecular weight excluding hydrogens is 793 g/mol. The Bertz CT molecular complexity index is 3570. The summed E-state index contributed by atoms with van der Waals surface area (Å²) in [5.41, 5.74) is 19.6. The maximum absolute atomic E-state index is 5.34. The highest BCUT2D eigenvalue weighted by molar-refractivity contribution is 7.26. The van der Waals surface area contributed by atoms with Gasteiger partial charge in [0.2, 0.25) is 0 Å². The molecule has 302 valence electrons. The highest BCUT2D eigenvalue weighted by Gasteiger charge is 2.37. The number of hydrogen-bond acceptors (Lipinski definition) is 3. The molecule has 11 aromatic rings. The molecule has 12 rings (SSSR count). The fourth-order valence-corrected chi connectivity index (χ4v) is 11.1. The highest BCUT2D eigenvalue weighted by atomic mass is 32.1. The van der Waals surface area contributed by atoms with Crippen molar-refractivity contribution < 1.29 is 0 Å². The molecule has 0 radical (unpaired) electrons. The Morgan fingerprint density at radius 3 is 1.70 bits per heavy atom. The number of fused-ring (bicyclic) bond motifs is 6. The summed E-state index contributed by atoms with van der Waals surface area (Å²) >= 11 is 1.86. The van der Waals surface area contributed by atoms with Crippen LogP contribution in [0.5, 0.6) is 0 Å². The minimum atomic E-state index is -0.148. The summed E-state index contributed by atoms with van der Waals surface area (Å²) in [5, 5.41) is 2.58. The van der Waals surface area contributed by atoms with Gasteiger partial charge in [-0.3, -0.25) is 0 Å². The van der Waals surface area contributed by atoms with Gasteiger partial charge in [-0.05, 0) is 109 Å². The Labute approximate surface area is 377 Å². The normalized spacial score (nSPS) is 12.7. The predicted molar refractivity (Wildman–Crippen MR) is 271 cm³/mol. The second-order valence-electron chi connectivity index (χ2n) is 17.3. The Balaban J connectivity index is 0.999. The number of rotatable bonds is 7. The first kappa shape index (κ1) is 38.0. The molecule has 2 heterocycles. The minimum absolute atomic E-state index is 0.148. The van der Waals surface area contributed by atoms with Crippen molar-refractivity contribution in [2.24, 2.45) is 0 Å². The van der Waals surface area contributed by atoms with Gasteiger partial charge in [0.25, 0.3) is 0 Å². The topological polar surface area (TPSA) is 25.8 Å². The van der Waals surface area contributed by atoms with Crippen LogP contribution in [0.15, 0.2) is 218 Å². The molecule has 64 heavy (non-hydrogen) atoms. The molecule has 0 saturated carbocycles. The fourth-order valence-electron chi connectivity index (χ4n) is 9.85. The van der Waals surface area contributed by atoms with Gasteiger partial charge in [-0.25, -0.2) is 9.97 Å². The molecule has 2 aromatic heterocycles. The molecule has 0 atom stereocenters. The van der Waals surface area contributed by atoms with E-state index < -0.39 is 0 Å². The average Bonchev–Trinajstić information content (AvgIpc) is 3.86. The van der Waals surface area contributed by atoms with Crippen molar-refractivity contribution in [2.75, 3.05) is 0 Å². The van der Waals surface area contributed by atoms with Crippen LogP contribution in [0, 0.1) is 0 Å². The minimum Gasteiger partial charge on any atom is -0.228 e. The third-order valence-electron chi connectivity index (χ3n) is 13.1. The first-order chi connectivity index (χ1) is 31.5. The second-order valence-corrected chi connectivity index (χ2v) is 18.4. The predicted octanol–water partition coefficient (Wildman–Crippen LogP) is 16.8. The van der Waals surface area contributed by atoms with Gasteiger partial charge in [0.15, 0.2) is 5.82 Å². The number of thiophene rings is 1. The molecule has 0 aliphatic heterocycles. The van der Waals surface area contributed by atoms with E-state index in [-0.39, 0.29) is 5.41 Å². The largest absolute Gasteiger partial charge is 0.228 e. The highest BCUT2D eigenvalue weighted by Crippen LogP contribution is 2.53. The van der Waals surface area contributed by atoms with E-state index in [9.17, 15) is 0 Å². The van der Waals surface area contributed by atoms with Crippen molar-refractivity contribution in [1.82, 2.24) is 9.97 Å². The number of hydrogen-bond donors (Lipinski definition) is 0. The van der Waals surface area contributed by atoms with E-state index >= 15 is 0 Å². The lowest BCUT2D eigenvalue weighted by Gasteiger charge is -2.22. The van der Waals surface area contributed by atoms with Gasteiger partial charge < -0.3 is 0 Å². The lowest BCUT2D eigenvalue weighted by molar-refractivity contribution is 0.660. The molecular formula is C61H42N2S. The lowest BCUT2D eigenvalue weighted by Crippen LogP contribution is -2.15. The molecule has 0 unspecified atom stereocenters. The van der Waals surface area contributed by atoms with Gasteiger partial charge in [-0.15, -0.1) is 11.3 Å². The summed E-state index contributed by atoms with van der Waals surface area (Å²) in [6, 6.07) is 79.0. The summed E-state index contributed by atoms with van der Waals surface area (Å²) in [4.78, 5) is 10.6. The van der Waals surface area contributed by atoms with Crippen molar-refractivity contribution in [3.05, 3.63) is 230 Å². The SMILES string of the molecule is CC1(C)c2cc(-c3cccc(-c4cc(-c5cc(-c6ccccc6)cc(-c6cccc7c6sc6ccccc67)c5)nc(-c5ccccc5)n4)c3)ccc2-c2c(-c3ccccc3)cccc21. The van der Waals surface area contributed by atoms with Crippen LogP contribution in [0.2, 0.25) is 0 Å². The molecule has 1 aliphatic rings. The molecule has 9 aromatic carbocycles. The smallest absolute Gasteiger partial charge is 0.160 e. The van der Waals surface area contributed by atoms with Crippen LogP contribution < -0.4 is 0 Å². The molecule has 0 spiro atoms. The summed E-state index contributed by atoms with van der Waals surface area (Å²) in [7, 11) is 0. The number of nitrogens with zero attached hydrogens (tertiary/aromatic N) is 2. The molecule has 0 fully saturated rings. The molecule has 0 bridgehead atoms. The monoisotopic (exact) mass is 834 g/mol. The maximum Gasteiger partial charge on any atom is 0.160 e. The Hall–Kier alpha value is -7.72. The Kier molecular flexibility index (Phi) is 9.06. The standard InChI is InChI=1S/C61H42N2S/c1-61(2)53-29-16-26-48(40-19-8-4-9-20-40)58(53)52-32-31-43(37-54(52)61)42-23-14-24-44(33-42)55-38-56(63-60(62-55)41-21-10-5-11-22-41)47-35-45(39-17-6-3-7-18-39)34-46(36-47)49-27-15-28-51-50-25-12-13-30-57(50)64-59(49)51/h3-38H,1-2H3. The summed E-state index contributed by atoms with van der Waals surface area (Å²) < 4.78 is 2.59. The van der Waals surface area contributed by atoms with Crippen LogP contribution >= 0.6 is 11.3 Å². The van der Waals surface area contributed by atoms with Crippen LogP contribution in [0.25, 0.3) is 110 Å². The molecule has 0 amide bonds. The van der Waals surface area contributed by atoms with Gasteiger partial charge in [0.1, 0.15) is 0 Å². The molecule has 1 aliphatic carbocycles. The first-order valence-corrected chi connectivity index (χ1v) is 22.8. The van der Waals surface area contributed by atoms with E-state index in [1.807, 2.05) is 17.4 Å². The van der Waals surface area contributed by atoms with Crippen LogP contribution in [0.1, 0.15) is 25.0 Å². The fraction of sp³-hybridized carbons (Fsp3) is 0.0492. The summed E-state index contributed by atoms with van der Waals surface area (Å²) in [6.07, 6.45) is 0. The third-order valence-corrected chi connectivity index (χ3v) is 14.3. The number of benzene rings is 9. The van der Waals surface area contributed by atoms with E-state index in [2.05, 4.69) is 226 Å². The van der Waals surface area contributed by atoms with Crippen LogP contribution in [-0.4, -0.2) is 9.97 Å². The van der Waals surface area contributed by atoms with Gasteiger partial charge >= 0.3 is 0 Å². The average molecular weight is 835 g/mol. The van der Waals surface area contributed by atoms with E-state index in [0.29, 0.717) is 5.82 Å². The van der Waals surface area contributed by atoms with Crippen LogP contribution in [0.3, 0.4) is 0 Å². The molecule has 3 heteroatoms. The lowest BCUT2D eigenvalue weighted by atomic mass is 9.81. The summed E-state index contributed by atoms with van der Waals surface area (Å²) in [5.74, 6) is 0.697. The zero-order chi connectivity index (χ0) is 42.8. The van der Waals surface area contributed by atoms with Crippen molar-refractivity contribution in [3.8, 4) is 89.5 Å². The summed E-state index contributed by atoms with van der Waals surface area (Å²) in [6.45, 7) is 4.72. The van der Waals surface area contributed by atoms with Crippen molar-refractivity contribution in [1.29, 1.82) is 0 Å².